The summed E-state index contributed by atoms with van der Waals surface area (Å²) in [5, 5.41) is 10.3. The van der Waals surface area contributed by atoms with Gasteiger partial charge in [-0.3, -0.25) is 0 Å². The molecule has 0 atom stereocenters. The summed E-state index contributed by atoms with van der Waals surface area (Å²) < 4.78 is 2.12. The molecule has 0 saturated carbocycles. The number of hydrogen-bond donors (Lipinski definition) is 1. The van der Waals surface area contributed by atoms with Crippen molar-refractivity contribution in [1.29, 1.82) is 5.26 Å². The van der Waals surface area contributed by atoms with E-state index in [-0.39, 0.29) is 0 Å². The van der Waals surface area contributed by atoms with Crippen LogP contribution in [0.2, 0.25) is 0 Å². The lowest BCUT2D eigenvalue weighted by Gasteiger charge is -2.07. The van der Waals surface area contributed by atoms with Gasteiger partial charge in [-0.25, -0.2) is 4.98 Å². The summed E-state index contributed by atoms with van der Waals surface area (Å²) in [7, 11) is 0. The van der Waals surface area contributed by atoms with Crippen LogP contribution in [0.25, 0.3) is 10.9 Å². The largest absolute Gasteiger partial charge is 0.343 e. The van der Waals surface area contributed by atoms with Gasteiger partial charge in [-0.05, 0) is 35.2 Å². The summed E-state index contributed by atoms with van der Waals surface area (Å²) in [6, 6.07) is 14.2. The molecule has 0 saturated heterocycles. The number of nitrogens with zero attached hydrogens (tertiary/aromatic N) is 3. The van der Waals surface area contributed by atoms with Crippen molar-refractivity contribution in [2.45, 2.75) is 13.1 Å². The van der Waals surface area contributed by atoms with Crippen LogP contribution in [-0.4, -0.2) is 9.55 Å². The number of nitriles is 1. The van der Waals surface area contributed by atoms with Gasteiger partial charge in [0, 0.05) is 30.0 Å². The first-order chi connectivity index (χ1) is 9.81. The molecule has 0 unspecified atom stereocenters. The smallest absolute Gasteiger partial charge is 0.145 e. The maximum absolute atomic E-state index is 9.09. The average molecular weight is 262 g/mol. The Labute approximate surface area is 117 Å². The molecule has 0 bridgehead atoms. The molecule has 2 aromatic heterocycles. The number of hydrogen-bond acceptors (Lipinski definition) is 3. The minimum Gasteiger partial charge on any atom is -0.343 e. The van der Waals surface area contributed by atoms with E-state index in [1.807, 2.05) is 24.4 Å². The van der Waals surface area contributed by atoms with E-state index in [1.165, 1.54) is 0 Å². The standard InChI is InChI=1S/C16H14N4/c17-9-12-3-4-16-13(8-12)5-7-20(16)11-14-2-1-6-19-15(14)10-18/h1-8H,9,11,17H2. The van der Waals surface area contributed by atoms with Crippen molar-refractivity contribution in [2.75, 3.05) is 0 Å². The van der Waals surface area contributed by atoms with Crippen LogP contribution in [0.15, 0.2) is 48.8 Å². The van der Waals surface area contributed by atoms with Gasteiger partial charge in [-0.15, -0.1) is 0 Å². The molecule has 0 aliphatic heterocycles. The lowest BCUT2D eigenvalue weighted by atomic mass is 10.1. The van der Waals surface area contributed by atoms with Crippen LogP contribution in [-0.2, 0) is 13.1 Å². The van der Waals surface area contributed by atoms with E-state index in [4.69, 9.17) is 11.0 Å². The highest BCUT2D eigenvalue weighted by Gasteiger charge is 2.06. The van der Waals surface area contributed by atoms with Gasteiger partial charge in [-0.2, -0.15) is 5.26 Å². The Bertz CT molecular complexity index is 796. The quantitative estimate of drug-likeness (QED) is 0.788. The fourth-order valence-corrected chi connectivity index (χ4v) is 2.36. The van der Waals surface area contributed by atoms with Gasteiger partial charge in [0.25, 0.3) is 0 Å². The lowest BCUT2D eigenvalue weighted by molar-refractivity contribution is 0.827. The molecule has 0 fully saturated rings. The Kier molecular flexibility index (Phi) is 3.20. The Morgan fingerprint density at radius 2 is 2.15 bits per heavy atom. The fraction of sp³-hybridized carbons (Fsp3) is 0.125. The molecule has 2 heterocycles. The second kappa shape index (κ2) is 5.16. The molecule has 3 aromatic rings. The lowest BCUT2D eigenvalue weighted by Crippen LogP contribution is -2.02. The molecule has 98 valence electrons. The first kappa shape index (κ1) is 12.4. The van der Waals surface area contributed by atoms with Crippen molar-refractivity contribution >= 4 is 10.9 Å². The Hall–Kier alpha value is -2.64. The average Bonchev–Trinajstić information content (AvgIpc) is 2.90. The van der Waals surface area contributed by atoms with Gasteiger partial charge in [-0.1, -0.05) is 12.1 Å². The minimum atomic E-state index is 0.480. The number of rotatable bonds is 3. The van der Waals surface area contributed by atoms with Crippen LogP contribution in [0, 0.1) is 11.3 Å². The summed E-state index contributed by atoms with van der Waals surface area (Å²) in [4.78, 5) is 4.09. The number of nitrogens with two attached hydrogens (primary N) is 1. The Morgan fingerprint density at radius 1 is 1.25 bits per heavy atom. The molecular formula is C16H14N4. The van der Waals surface area contributed by atoms with E-state index in [2.05, 4.69) is 33.8 Å². The zero-order valence-electron chi connectivity index (χ0n) is 11.0. The number of fused-ring (bicyclic) bond motifs is 1. The molecular weight excluding hydrogens is 248 g/mol. The van der Waals surface area contributed by atoms with Gasteiger partial charge < -0.3 is 10.3 Å². The molecule has 0 aliphatic carbocycles. The third-order valence-corrected chi connectivity index (χ3v) is 3.41. The van der Waals surface area contributed by atoms with Crippen molar-refractivity contribution in [1.82, 2.24) is 9.55 Å². The molecule has 1 aromatic carbocycles. The van der Waals surface area contributed by atoms with Crippen molar-refractivity contribution < 1.29 is 0 Å². The van der Waals surface area contributed by atoms with Crippen molar-refractivity contribution in [3.8, 4) is 6.07 Å². The zero-order valence-corrected chi connectivity index (χ0v) is 11.0. The number of aromatic nitrogens is 2. The first-order valence-corrected chi connectivity index (χ1v) is 6.43. The van der Waals surface area contributed by atoms with E-state index in [0.717, 1.165) is 22.0 Å². The topological polar surface area (TPSA) is 67.6 Å². The van der Waals surface area contributed by atoms with Gasteiger partial charge in [0.15, 0.2) is 0 Å². The molecule has 2 N–H and O–H groups in total. The monoisotopic (exact) mass is 262 g/mol. The van der Waals surface area contributed by atoms with Crippen molar-refractivity contribution in [2.24, 2.45) is 5.73 Å². The van der Waals surface area contributed by atoms with Crippen LogP contribution < -0.4 is 5.73 Å². The van der Waals surface area contributed by atoms with Gasteiger partial charge in [0.2, 0.25) is 0 Å². The maximum atomic E-state index is 9.09. The Morgan fingerprint density at radius 3 is 2.95 bits per heavy atom. The van der Waals surface area contributed by atoms with Crippen LogP contribution in [0.3, 0.4) is 0 Å². The minimum absolute atomic E-state index is 0.480. The van der Waals surface area contributed by atoms with Gasteiger partial charge in [0.05, 0.1) is 6.54 Å². The van der Waals surface area contributed by atoms with Crippen molar-refractivity contribution in [3.05, 3.63) is 65.6 Å². The first-order valence-electron chi connectivity index (χ1n) is 6.43. The van der Waals surface area contributed by atoms with E-state index in [9.17, 15) is 0 Å². The van der Waals surface area contributed by atoms with Crippen LogP contribution in [0.4, 0.5) is 0 Å². The summed E-state index contributed by atoms with van der Waals surface area (Å²) in [6.45, 7) is 1.19. The van der Waals surface area contributed by atoms with E-state index < -0.39 is 0 Å². The van der Waals surface area contributed by atoms with E-state index in [1.54, 1.807) is 6.20 Å². The van der Waals surface area contributed by atoms with E-state index in [0.29, 0.717) is 18.8 Å². The molecule has 0 radical (unpaired) electrons. The molecule has 4 heteroatoms. The summed E-state index contributed by atoms with van der Waals surface area (Å²) in [5.41, 5.74) is 9.32. The van der Waals surface area contributed by atoms with Crippen LogP contribution >= 0.6 is 0 Å². The molecule has 0 aliphatic rings. The molecule has 0 spiro atoms. The van der Waals surface area contributed by atoms with Crippen LogP contribution in [0.5, 0.6) is 0 Å². The molecule has 0 amide bonds. The summed E-state index contributed by atoms with van der Waals surface area (Å²) in [6.07, 6.45) is 3.67. The zero-order chi connectivity index (χ0) is 13.9. The SMILES string of the molecule is N#Cc1ncccc1Cn1ccc2cc(CN)ccc21. The highest BCUT2D eigenvalue weighted by Crippen LogP contribution is 2.19. The highest BCUT2D eigenvalue weighted by molar-refractivity contribution is 5.81. The highest BCUT2D eigenvalue weighted by atomic mass is 15.0. The summed E-state index contributed by atoms with van der Waals surface area (Å²) in [5.74, 6) is 0. The van der Waals surface area contributed by atoms with Gasteiger partial charge in [0.1, 0.15) is 11.8 Å². The fourth-order valence-electron chi connectivity index (χ4n) is 2.36. The molecule has 3 rings (SSSR count). The maximum Gasteiger partial charge on any atom is 0.145 e. The van der Waals surface area contributed by atoms with E-state index >= 15 is 0 Å². The van der Waals surface area contributed by atoms with Crippen LogP contribution in [0.1, 0.15) is 16.8 Å². The number of pyridine rings is 1. The summed E-state index contributed by atoms with van der Waals surface area (Å²) >= 11 is 0. The normalized spacial score (nSPS) is 10.6. The second-order valence-electron chi connectivity index (χ2n) is 4.66. The molecule has 20 heavy (non-hydrogen) atoms. The third kappa shape index (κ3) is 2.15. The molecule has 4 nitrogen and oxygen atoms in total. The van der Waals surface area contributed by atoms with Gasteiger partial charge >= 0.3 is 0 Å². The van der Waals surface area contributed by atoms with Crippen molar-refractivity contribution in [3.63, 3.8) is 0 Å². The predicted molar refractivity (Wildman–Crippen MR) is 77.9 cm³/mol. The number of benzene rings is 1. The third-order valence-electron chi connectivity index (χ3n) is 3.41. The predicted octanol–water partition coefficient (Wildman–Crippen LogP) is 2.41. The second-order valence-corrected chi connectivity index (χ2v) is 4.66. The Balaban J connectivity index is 2.01.